The van der Waals surface area contributed by atoms with Gasteiger partial charge in [0.05, 0.1) is 21.8 Å². The second-order valence-corrected chi connectivity index (χ2v) is 19.7. The highest BCUT2D eigenvalue weighted by Gasteiger charge is 2.23. The van der Waals surface area contributed by atoms with E-state index in [0.29, 0.717) is 23.0 Å². The molecule has 0 radical (unpaired) electrons. The van der Waals surface area contributed by atoms with Gasteiger partial charge in [0.2, 0.25) is 9.84 Å². The summed E-state index contributed by atoms with van der Waals surface area (Å²) in [4.78, 5) is 12.2. The molecule has 8 aromatic carbocycles. The van der Waals surface area contributed by atoms with Crippen LogP contribution >= 0.6 is 0 Å². The Kier molecular flexibility index (Phi) is 12.8. The quantitative estimate of drug-likeness (QED) is 0.0728. The average Bonchev–Trinajstić information content (AvgIpc) is 3.32. The molecule has 0 aliphatic rings. The van der Waals surface area contributed by atoms with Gasteiger partial charge in [-0.1, -0.05) is 60.7 Å². The van der Waals surface area contributed by atoms with Gasteiger partial charge >= 0.3 is 0 Å². The maximum absolute atomic E-state index is 13.5. The van der Waals surface area contributed by atoms with Crippen LogP contribution in [0.1, 0.15) is 21.5 Å². The Labute approximate surface area is 386 Å². The van der Waals surface area contributed by atoms with Gasteiger partial charge in [0.25, 0.3) is 20.2 Å². The van der Waals surface area contributed by atoms with E-state index in [1.165, 1.54) is 55.5 Å². The summed E-state index contributed by atoms with van der Waals surface area (Å²) < 4.78 is 118. The second kappa shape index (κ2) is 18.7. The Hall–Kier alpha value is -7.60. The van der Waals surface area contributed by atoms with Crippen LogP contribution in [-0.4, -0.2) is 47.3 Å². The minimum absolute atomic E-state index is 0.0870. The van der Waals surface area contributed by atoms with Crippen molar-refractivity contribution >= 4 is 35.9 Å². The van der Waals surface area contributed by atoms with Crippen molar-refractivity contribution in [3.05, 3.63) is 199 Å². The lowest BCUT2D eigenvalue weighted by molar-refractivity contribution is 0.103. The molecule has 0 saturated carbocycles. The largest absolute Gasteiger partial charge is 0.497 e. The van der Waals surface area contributed by atoms with Crippen LogP contribution in [0.2, 0.25) is 0 Å². The first-order valence-corrected chi connectivity index (χ1v) is 24.5. The number of hydrogen-bond donors (Lipinski definition) is 2. The van der Waals surface area contributed by atoms with Crippen LogP contribution in [0, 0.1) is 6.92 Å². The number of sulfone groups is 1. The Morgan fingerprint density at radius 2 is 0.731 bits per heavy atom. The van der Waals surface area contributed by atoms with Crippen LogP contribution in [0.4, 0.5) is 0 Å². The van der Waals surface area contributed by atoms with Crippen molar-refractivity contribution in [2.75, 3.05) is 7.11 Å². The number of hydrogen-bond acceptors (Lipinski definition) is 11. The van der Waals surface area contributed by atoms with Crippen LogP contribution in [0.25, 0.3) is 22.3 Å². The summed E-state index contributed by atoms with van der Waals surface area (Å²) in [6.07, 6.45) is 0. The van der Waals surface area contributed by atoms with Gasteiger partial charge in [-0.15, -0.1) is 0 Å². The fourth-order valence-corrected chi connectivity index (χ4v) is 9.61. The summed E-state index contributed by atoms with van der Waals surface area (Å²) in [6.45, 7) is 1.44. The highest BCUT2D eigenvalue weighted by molar-refractivity contribution is 7.91. The third kappa shape index (κ3) is 10.6. The Bertz CT molecular complexity index is 3450. The van der Waals surface area contributed by atoms with Crippen molar-refractivity contribution in [2.24, 2.45) is 0 Å². The normalized spacial score (nSPS) is 11.7. The van der Waals surface area contributed by atoms with E-state index in [9.17, 15) is 39.2 Å². The van der Waals surface area contributed by atoms with Crippen LogP contribution in [0.3, 0.4) is 0 Å². The lowest BCUT2D eigenvalue weighted by atomic mass is 10.0. The number of carbonyl (C=O) groups is 1. The summed E-state index contributed by atoms with van der Waals surface area (Å²) in [5, 5.41) is 0. The number of rotatable bonds is 15. The highest BCUT2D eigenvalue weighted by atomic mass is 32.2. The molecule has 0 atom stereocenters. The predicted octanol–water partition coefficient (Wildman–Crippen LogP) is 11.3. The van der Waals surface area contributed by atoms with E-state index in [1.807, 2.05) is 60.7 Å². The van der Waals surface area contributed by atoms with Crippen LogP contribution in [0.15, 0.2) is 202 Å². The van der Waals surface area contributed by atoms with Crippen molar-refractivity contribution in [3.8, 4) is 62.5 Å². The van der Waals surface area contributed by atoms with Gasteiger partial charge in [-0.25, -0.2) is 8.42 Å². The van der Waals surface area contributed by atoms with E-state index in [-0.39, 0.29) is 38.0 Å². The maximum Gasteiger partial charge on any atom is 0.298 e. The van der Waals surface area contributed by atoms with Crippen LogP contribution < -0.4 is 18.9 Å². The third-order valence-corrected chi connectivity index (χ3v) is 14.2. The highest BCUT2D eigenvalue weighted by Crippen LogP contribution is 2.34. The standard InChI is InChI=1S/C51H38O13S3/c1-33-3-4-38(31-49(33)66(55,56)57)51(52)39-13-30-48(50(32-39)67(58,59)60)64-45-20-11-37(12-21-45)36-9-18-42(19-10-36)63-44-24-28-47(29-25-44)65(53,54)46-26-22-43(23-27-46)62-41-16-7-35(8-17-41)34-5-14-40(61-2)15-6-34/h3-32H,1-2H3,(H,55,56,57)(H,58,59,60). The first-order valence-electron chi connectivity index (χ1n) is 20.1. The molecule has 0 fully saturated rings. The fraction of sp³-hybridized carbons (Fsp3) is 0.0392. The van der Waals surface area contributed by atoms with Gasteiger partial charge in [0, 0.05) is 11.1 Å². The van der Waals surface area contributed by atoms with Gasteiger partial charge in [-0.3, -0.25) is 13.9 Å². The molecule has 8 rings (SSSR count). The SMILES string of the molecule is COc1ccc(-c2ccc(Oc3ccc(S(=O)(=O)c4ccc(Oc5ccc(-c6ccc(Oc7ccc(C(=O)c8ccc(C)c(S(=O)(=O)O)c8)cc7S(=O)(=O)O)cc6)cc5)cc4)cc3)cc2)cc1. The van der Waals surface area contributed by atoms with Gasteiger partial charge in [0.1, 0.15) is 45.1 Å². The monoisotopic (exact) mass is 954 g/mol. The molecule has 0 saturated heterocycles. The smallest absolute Gasteiger partial charge is 0.298 e. The second-order valence-electron chi connectivity index (χ2n) is 15.0. The minimum atomic E-state index is -4.90. The van der Waals surface area contributed by atoms with E-state index in [4.69, 9.17) is 18.9 Å². The lowest BCUT2D eigenvalue weighted by Crippen LogP contribution is -2.08. The summed E-state index contributed by atoms with van der Waals surface area (Å²) in [7, 11) is -11.8. The first kappa shape index (κ1) is 45.9. The molecule has 338 valence electrons. The van der Waals surface area contributed by atoms with Crippen molar-refractivity contribution in [3.63, 3.8) is 0 Å². The van der Waals surface area contributed by atoms with E-state index >= 15 is 0 Å². The maximum atomic E-state index is 13.5. The molecule has 0 aromatic heterocycles. The van der Waals surface area contributed by atoms with Gasteiger partial charge in [-0.05, 0) is 156 Å². The number of methoxy groups -OCH3 is 1. The predicted molar refractivity (Wildman–Crippen MR) is 250 cm³/mol. The minimum Gasteiger partial charge on any atom is -0.497 e. The average molecular weight is 955 g/mol. The molecule has 0 spiro atoms. The van der Waals surface area contributed by atoms with Crippen molar-refractivity contribution in [2.45, 2.75) is 26.5 Å². The molecule has 13 nitrogen and oxygen atoms in total. The molecular weight excluding hydrogens is 917 g/mol. The van der Waals surface area contributed by atoms with E-state index in [0.717, 1.165) is 40.1 Å². The molecule has 2 N–H and O–H groups in total. The van der Waals surface area contributed by atoms with Crippen molar-refractivity contribution in [1.82, 2.24) is 0 Å². The van der Waals surface area contributed by atoms with Gasteiger partial charge in [-0.2, -0.15) is 16.8 Å². The fourth-order valence-electron chi connectivity index (χ4n) is 6.96. The van der Waals surface area contributed by atoms with Gasteiger partial charge in [0.15, 0.2) is 5.78 Å². The summed E-state index contributed by atoms with van der Waals surface area (Å²) >= 11 is 0. The van der Waals surface area contributed by atoms with Crippen molar-refractivity contribution in [1.29, 1.82) is 0 Å². The zero-order valence-electron chi connectivity index (χ0n) is 35.4. The molecule has 16 heteroatoms. The molecule has 8 aromatic rings. The van der Waals surface area contributed by atoms with Gasteiger partial charge < -0.3 is 18.9 Å². The number of ether oxygens (including phenoxy) is 4. The van der Waals surface area contributed by atoms with Crippen LogP contribution in [-0.2, 0) is 30.1 Å². The molecule has 0 unspecified atom stereocenters. The zero-order chi connectivity index (χ0) is 47.5. The van der Waals surface area contributed by atoms with Crippen molar-refractivity contribution < 1.29 is 58.1 Å². The Morgan fingerprint density at radius 1 is 0.403 bits per heavy atom. The molecule has 0 amide bonds. The summed E-state index contributed by atoms with van der Waals surface area (Å²) in [5.74, 6) is 1.94. The summed E-state index contributed by atoms with van der Waals surface area (Å²) in [6, 6.07) is 48.3. The van der Waals surface area contributed by atoms with E-state index < -0.39 is 45.6 Å². The third-order valence-electron chi connectivity index (χ3n) is 10.5. The number of ketones is 1. The number of aryl methyl sites for hydroxylation is 1. The molecule has 0 bridgehead atoms. The molecule has 0 heterocycles. The molecule has 0 aliphatic carbocycles. The van der Waals surface area contributed by atoms with E-state index in [2.05, 4.69) is 0 Å². The molecule has 0 aliphatic heterocycles. The molecule has 67 heavy (non-hydrogen) atoms. The Balaban J connectivity index is 0.877. The first-order chi connectivity index (χ1) is 31.9. The topological polar surface area (TPSA) is 197 Å². The molecular formula is C51H38O13S3. The zero-order valence-corrected chi connectivity index (χ0v) is 37.9. The Morgan fingerprint density at radius 3 is 1.10 bits per heavy atom. The summed E-state index contributed by atoms with van der Waals surface area (Å²) in [5.41, 5.74) is 3.48. The van der Waals surface area contributed by atoms with E-state index in [1.54, 1.807) is 67.8 Å². The lowest BCUT2D eigenvalue weighted by Gasteiger charge is -2.12. The van der Waals surface area contributed by atoms with Crippen LogP contribution in [0.5, 0.6) is 40.2 Å². The number of benzene rings is 8. The number of carbonyl (C=O) groups excluding carboxylic acids is 1.